The van der Waals surface area contributed by atoms with Crippen LogP contribution in [0.5, 0.6) is 5.75 Å². The predicted molar refractivity (Wildman–Crippen MR) is 130 cm³/mol. The highest BCUT2D eigenvalue weighted by Crippen LogP contribution is 2.34. The second kappa shape index (κ2) is 10.3. The maximum Gasteiger partial charge on any atom is 0.257 e. The third kappa shape index (κ3) is 5.36. The Labute approximate surface area is 209 Å². The van der Waals surface area contributed by atoms with Gasteiger partial charge in [0.2, 0.25) is 11.8 Å². The highest BCUT2D eigenvalue weighted by atomic mass is 19.1. The Morgan fingerprint density at radius 3 is 2.69 bits per heavy atom. The molecule has 1 saturated heterocycles. The summed E-state index contributed by atoms with van der Waals surface area (Å²) in [5.41, 5.74) is 1.41. The third-order valence-corrected chi connectivity index (χ3v) is 7.07. The zero-order valence-corrected chi connectivity index (χ0v) is 20.2. The van der Waals surface area contributed by atoms with E-state index in [1.807, 2.05) is 0 Å². The molecule has 1 aliphatic carbocycles. The van der Waals surface area contributed by atoms with Crippen molar-refractivity contribution in [1.82, 2.24) is 10.2 Å². The largest absolute Gasteiger partial charge is 0.490 e. The molecule has 3 aliphatic rings. The summed E-state index contributed by atoms with van der Waals surface area (Å²) >= 11 is 0. The average Bonchev–Trinajstić information content (AvgIpc) is 3.72. The second-order valence-electron chi connectivity index (χ2n) is 9.72. The van der Waals surface area contributed by atoms with Crippen LogP contribution >= 0.6 is 0 Å². The molecule has 8 nitrogen and oxygen atoms in total. The molecule has 3 atom stereocenters. The van der Waals surface area contributed by atoms with E-state index in [0.717, 1.165) is 12.8 Å². The summed E-state index contributed by atoms with van der Waals surface area (Å²) in [6, 6.07) is 11.2. The van der Waals surface area contributed by atoms with Crippen molar-refractivity contribution >= 4 is 23.4 Å². The van der Waals surface area contributed by atoms with Gasteiger partial charge in [0.15, 0.2) is 0 Å². The van der Waals surface area contributed by atoms with Crippen molar-refractivity contribution in [3.05, 3.63) is 59.4 Å². The third-order valence-electron chi connectivity index (χ3n) is 7.07. The topological polar surface area (TPSA) is 97.0 Å². The van der Waals surface area contributed by atoms with Gasteiger partial charge < -0.3 is 25.0 Å². The van der Waals surface area contributed by atoms with E-state index in [1.165, 1.54) is 6.07 Å². The fraction of sp³-hybridized carbons (Fsp3) is 0.444. The van der Waals surface area contributed by atoms with Crippen LogP contribution in [0, 0.1) is 11.7 Å². The first-order valence-corrected chi connectivity index (χ1v) is 12.4. The number of nitrogens with zero attached hydrogens (tertiary/aromatic N) is 1. The number of halogens is 1. The van der Waals surface area contributed by atoms with Gasteiger partial charge in [0, 0.05) is 30.8 Å². The van der Waals surface area contributed by atoms with Crippen molar-refractivity contribution in [3.63, 3.8) is 0 Å². The molecule has 2 aliphatic heterocycles. The van der Waals surface area contributed by atoms with E-state index in [1.54, 1.807) is 48.3 Å². The highest BCUT2D eigenvalue weighted by molar-refractivity contribution is 6.00. The van der Waals surface area contributed by atoms with Crippen molar-refractivity contribution in [1.29, 1.82) is 0 Å². The van der Waals surface area contributed by atoms with E-state index in [2.05, 4.69) is 10.6 Å². The number of anilines is 1. The quantitative estimate of drug-likeness (QED) is 0.641. The molecule has 1 saturated carbocycles. The van der Waals surface area contributed by atoms with Gasteiger partial charge in [-0.15, -0.1) is 0 Å². The Bertz CT molecular complexity index is 1170. The summed E-state index contributed by atoms with van der Waals surface area (Å²) in [5.74, 6) is -0.297. The fourth-order valence-electron chi connectivity index (χ4n) is 4.81. The number of likely N-dealkylation sites (N-methyl/N-ethyl adjacent to an activating group) is 1. The van der Waals surface area contributed by atoms with Crippen LogP contribution in [0.15, 0.2) is 42.5 Å². The SMILES string of the molecule is CN1C(=O)c2cc(NC(=O)C3CC3)ccc2OC[C@H]2O[C@H](CC(=O)NCc3ccccc3F)CC[C@@H]21. The van der Waals surface area contributed by atoms with Gasteiger partial charge in [-0.25, -0.2) is 4.39 Å². The van der Waals surface area contributed by atoms with Gasteiger partial charge in [-0.2, -0.15) is 0 Å². The van der Waals surface area contributed by atoms with E-state index in [4.69, 9.17) is 9.47 Å². The van der Waals surface area contributed by atoms with Crippen LogP contribution in [0.3, 0.4) is 0 Å². The molecule has 0 unspecified atom stereocenters. The lowest BCUT2D eigenvalue weighted by atomic mass is 9.94. The number of carbonyl (C=O) groups excluding carboxylic acids is 3. The number of carbonyl (C=O) groups is 3. The molecule has 0 spiro atoms. The summed E-state index contributed by atoms with van der Waals surface area (Å²) in [5, 5.41) is 5.64. The number of rotatable bonds is 6. The number of hydrogen-bond donors (Lipinski definition) is 2. The molecule has 0 radical (unpaired) electrons. The first kappa shape index (κ1) is 24.2. The van der Waals surface area contributed by atoms with E-state index < -0.39 is 0 Å². The van der Waals surface area contributed by atoms with Crippen molar-refractivity contribution in [2.24, 2.45) is 5.92 Å². The van der Waals surface area contributed by atoms with Gasteiger partial charge in [-0.1, -0.05) is 18.2 Å². The number of amides is 3. The standard InChI is InChI=1S/C27H30FN3O5/c1-31-22-10-9-19(13-25(32)29-14-17-4-2-3-5-21(17)28)36-24(22)15-35-23-11-8-18(12-20(23)27(31)34)30-26(33)16-6-7-16/h2-5,8,11-12,16,19,22,24H,6-7,9-10,13-15H2,1H3,(H,29,32)(H,30,33)/t19-,22-,24+/m0/s1. The van der Waals surface area contributed by atoms with E-state index >= 15 is 0 Å². The van der Waals surface area contributed by atoms with E-state index in [9.17, 15) is 18.8 Å². The minimum atomic E-state index is -0.389. The Kier molecular flexibility index (Phi) is 6.91. The average molecular weight is 496 g/mol. The molecule has 2 aromatic carbocycles. The summed E-state index contributed by atoms with van der Waals surface area (Å²) in [7, 11) is 1.75. The van der Waals surface area contributed by atoms with Crippen LogP contribution in [0.2, 0.25) is 0 Å². The van der Waals surface area contributed by atoms with Crippen molar-refractivity contribution in [2.75, 3.05) is 19.0 Å². The van der Waals surface area contributed by atoms with Crippen LogP contribution in [-0.4, -0.2) is 54.5 Å². The number of hydrogen-bond acceptors (Lipinski definition) is 5. The number of fused-ring (bicyclic) bond motifs is 2. The first-order valence-electron chi connectivity index (χ1n) is 12.4. The predicted octanol–water partition coefficient (Wildman–Crippen LogP) is 3.26. The molecule has 36 heavy (non-hydrogen) atoms. The normalized spacial score (nSPS) is 23.4. The molecule has 3 amide bonds. The summed E-state index contributed by atoms with van der Waals surface area (Å²) in [6.45, 7) is 0.348. The van der Waals surface area contributed by atoms with Crippen molar-refractivity contribution < 1.29 is 28.2 Å². The highest BCUT2D eigenvalue weighted by Gasteiger charge is 2.39. The fourth-order valence-corrected chi connectivity index (χ4v) is 4.81. The van der Waals surface area contributed by atoms with Gasteiger partial charge in [0.25, 0.3) is 5.91 Å². The van der Waals surface area contributed by atoms with Gasteiger partial charge in [-0.05, 0) is 49.9 Å². The van der Waals surface area contributed by atoms with Crippen LogP contribution < -0.4 is 15.4 Å². The number of nitrogens with one attached hydrogen (secondary N) is 2. The van der Waals surface area contributed by atoms with Crippen LogP contribution in [0.1, 0.15) is 48.0 Å². The molecule has 2 N–H and O–H groups in total. The monoisotopic (exact) mass is 495 g/mol. The second-order valence-corrected chi connectivity index (χ2v) is 9.72. The van der Waals surface area contributed by atoms with Crippen molar-refractivity contribution in [2.45, 2.75) is 56.9 Å². The van der Waals surface area contributed by atoms with Crippen LogP contribution in [0.4, 0.5) is 10.1 Å². The molecule has 0 bridgehead atoms. The smallest absolute Gasteiger partial charge is 0.257 e. The molecule has 5 rings (SSSR count). The maximum atomic E-state index is 13.8. The Hall–Kier alpha value is -3.46. The lowest BCUT2D eigenvalue weighted by Gasteiger charge is -2.42. The molecule has 2 aromatic rings. The molecule has 0 aromatic heterocycles. The Morgan fingerprint density at radius 1 is 1.11 bits per heavy atom. The molecule has 190 valence electrons. The number of ether oxygens (including phenoxy) is 2. The minimum absolute atomic E-state index is 0.0211. The van der Waals surface area contributed by atoms with E-state index in [0.29, 0.717) is 35.4 Å². The van der Waals surface area contributed by atoms with Gasteiger partial charge >= 0.3 is 0 Å². The molecule has 9 heteroatoms. The summed E-state index contributed by atoms with van der Waals surface area (Å²) in [6.07, 6.45) is 2.51. The summed E-state index contributed by atoms with van der Waals surface area (Å²) < 4.78 is 26.0. The first-order chi connectivity index (χ1) is 17.4. The Morgan fingerprint density at radius 2 is 1.92 bits per heavy atom. The lowest BCUT2D eigenvalue weighted by molar-refractivity contribution is -0.134. The molecule has 2 fully saturated rings. The maximum absolute atomic E-state index is 13.8. The van der Waals surface area contributed by atoms with E-state index in [-0.39, 0.29) is 67.3 Å². The molecular weight excluding hydrogens is 465 g/mol. The van der Waals surface area contributed by atoms with Gasteiger partial charge in [-0.3, -0.25) is 14.4 Å². The molecule has 2 heterocycles. The van der Waals surface area contributed by atoms with Crippen LogP contribution in [0.25, 0.3) is 0 Å². The Balaban J connectivity index is 1.21. The van der Waals surface area contributed by atoms with Crippen LogP contribution in [-0.2, 0) is 20.9 Å². The minimum Gasteiger partial charge on any atom is -0.490 e. The summed E-state index contributed by atoms with van der Waals surface area (Å²) in [4.78, 5) is 39.6. The number of benzene rings is 2. The zero-order chi connectivity index (χ0) is 25.2. The zero-order valence-electron chi connectivity index (χ0n) is 20.2. The van der Waals surface area contributed by atoms with Crippen molar-refractivity contribution in [3.8, 4) is 5.75 Å². The molecular formula is C27H30FN3O5. The lowest BCUT2D eigenvalue weighted by Crippen LogP contribution is -2.53. The van der Waals surface area contributed by atoms with Gasteiger partial charge in [0.1, 0.15) is 24.3 Å². The van der Waals surface area contributed by atoms with Gasteiger partial charge in [0.05, 0.1) is 24.1 Å².